The van der Waals surface area contributed by atoms with Crippen molar-refractivity contribution in [1.29, 1.82) is 0 Å². The molecule has 2 N–H and O–H groups in total. The van der Waals surface area contributed by atoms with Crippen molar-refractivity contribution in [2.75, 3.05) is 39.3 Å². The van der Waals surface area contributed by atoms with Crippen molar-refractivity contribution in [2.24, 2.45) is 5.92 Å². The Balaban J connectivity index is 2.02. The number of aliphatic hydroxyl groups excluding tert-OH is 1. The summed E-state index contributed by atoms with van der Waals surface area (Å²) in [5.74, 6) is 0.633. The third kappa shape index (κ3) is 8.58. The number of aliphatic hydroxyl groups is 1. The average Bonchev–Trinajstić information content (AvgIpc) is 2.78. The van der Waals surface area contributed by atoms with E-state index in [2.05, 4.69) is 17.1 Å². The molecule has 2 unspecified atom stereocenters. The predicted molar refractivity (Wildman–Crippen MR) is 79.4 cm³/mol. The van der Waals surface area contributed by atoms with Gasteiger partial charge in [0.15, 0.2) is 0 Å². The maximum Gasteiger partial charge on any atom is 0.0897 e. The van der Waals surface area contributed by atoms with Crippen LogP contribution < -0.4 is 5.32 Å². The molecule has 0 bridgehead atoms. The fourth-order valence-electron chi connectivity index (χ4n) is 2.37. The smallest absolute Gasteiger partial charge is 0.0897 e. The monoisotopic (exact) mass is 272 g/mol. The quantitative estimate of drug-likeness (QED) is 0.702. The van der Waals surface area contributed by atoms with Crippen molar-refractivity contribution < 1.29 is 9.84 Å². The third-order valence-electron chi connectivity index (χ3n) is 3.35. The van der Waals surface area contributed by atoms with Gasteiger partial charge in [0, 0.05) is 13.1 Å². The highest BCUT2D eigenvalue weighted by atomic mass is 16.5. The molecule has 114 valence electrons. The van der Waals surface area contributed by atoms with Crippen molar-refractivity contribution in [3.8, 4) is 0 Å². The number of rotatable bonds is 8. The van der Waals surface area contributed by atoms with Gasteiger partial charge in [-0.25, -0.2) is 0 Å². The zero-order chi connectivity index (χ0) is 14.3. The molecule has 0 aromatic carbocycles. The summed E-state index contributed by atoms with van der Waals surface area (Å²) in [5, 5.41) is 13.2. The number of hydrogen-bond donors (Lipinski definition) is 2. The van der Waals surface area contributed by atoms with E-state index >= 15 is 0 Å². The Morgan fingerprint density at radius 1 is 1.21 bits per heavy atom. The summed E-state index contributed by atoms with van der Waals surface area (Å²) in [6.07, 6.45) is 2.28. The standard InChI is InChI=1S/C15H32N2O2/c1-13(11-17-7-5-6-8-17)9-16-10-14(18)12-19-15(2,3)4/h13-14,16,18H,5-12H2,1-4H3. The van der Waals surface area contributed by atoms with Crippen LogP contribution in [0, 0.1) is 5.92 Å². The second-order valence-corrected chi connectivity index (χ2v) is 6.85. The van der Waals surface area contributed by atoms with Gasteiger partial charge in [-0.15, -0.1) is 0 Å². The van der Waals surface area contributed by atoms with Crippen LogP contribution in [0.1, 0.15) is 40.5 Å². The van der Waals surface area contributed by atoms with Crippen molar-refractivity contribution in [3.05, 3.63) is 0 Å². The molecule has 4 nitrogen and oxygen atoms in total. The van der Waals surface area contributed by atoms with Gasteiger partial charge in [0.1, 0.15) is 0 Å². The Kier molecular flexibility index (Phi) is 7.29. The lowest BCUT2D eigenvalue weighted by Gasteiger charge is -2.23. The van der Waals surface area contributed by atoms with E-state index in [1.165, 1.54) is 32.5 Å². The molecule has 0 radical (unpaired) electrons. The lowest BCUT2D eigenvalue weighted by molar-refractivity contribution is -0.0479. The van der Waals surface area contributed by atoms with Crippen LogP contribution in [0.5, 0.6) is 0 Å². The summed E-state index contributed by atoms with van der Waals surface area (Å²) in [4.78, 5) is 2.53. The van der Waals surface area contributed by atoms with E-state index in [9.17, 15) is 5.11 Å². The fraction of sp³-hybridized carbons (Fsp3) is 1.00. The van der Waals surface area contributed by atoms with Gasteiger partial charge >= 0.3 is 0 Å². The Morgan fingerprint density at radius 2 is 1.84 bits per heavy atom. The summed E-state index contributed by atoms with van der Waals surface area (Å²) < 4.78 is 5.56. The largest absolute Gasteiger partial charge is 0.389 e. The minimum absolute atomic E-state index is 0.177. The molecule has 4 heteroatoms. The number of nitrogens with zero attached hydrogens (tertiary/aromatic N) is 1. The molecular weight excluding hydrogens is 240 g/mol. The van der Waals surface area contributed by atoms with E-state index in [1.54, 1.807) is 0 Å². The van der Waals surface area contributed by atoms with Gasteiger partial charge < -0.3 is 20.1 Å². The minimum Gasteiger partial charge on any atom is -0.389 e. The van der Waals surface area contributed by atoms with Crippen molar-refractivity contribution in [1.82, 2.24) is 10.2 Å². The number of nitrogens with one attached hydrogen (secondary N) is 1. The van der Waals surface area contributed by atoms with Gasteiger partial charge in [0.2, 0.25) is 0 Å². The van der Waals surface area contributed by atoms with Crippen LogP contribution in [0.25, 0.3) is 0 Å². The van der Waals surface area contributed by atoms with E-state index < -0.39 is 6.10 Å². The first kappa shape index (κ1) is 16.9. The highest BCUT2D eigenvalue weighted by molar-refractivity contribution is 4.71. The Bertz CT molecular complexity index is 235. The van der Waals surface area contributed by atoms with E-state index in [4.69, 9.17) is 4.74 Å². The van der Waals surface area contributed by atoms with E-state index in [0.29, 0.717) is 19.1 Å². The Labute approximate surface area is 118 Å². The first-order chi connectivity index (χ1) is 8.87. The van der Waals surface area contributed by atoms with Crippen LogP contribution in [0.4, 0.5) is 0 Å². The predicted octanol–water partition coefficient (Wildman–Crippen LogP) is 1.48. The van der Waals surface area contributed by atoms with Crippen LogP contribution in [0.15, 0.2) is 0 Å². The van der Waals surface area contributed by atoms with E-state index in [0.717, 1.165) is 6.54 Å². The highest BCUT2D eigenvalue weighted by Gasteiger charge is 2.16. The Hall–Kier alpha value is -0.160. The molecule has 1 saturated heterocycles. The van der Waals surface area contributed by atoms with Crippen LogP contribution >= 0.6 is 0 Å². The highest BCUT2D eigenvalue weighted by Crippen LogP contribution is 2.10. The normalized spacial score (nSPS) is 20.7. The first-order valence-electron chi connectivity index (χ1n) is 7.62. The fourth-order valence-corrected chi connectivity index (χ4v) is 2.37. The lowest BCUT2D eigenvalue weighted by atomic mass is 10.1. The number of likely N-dealkylation sites (tertiary alicyclic amines) is 1. The molecular formula is C15H32N2O2. The summed E-state index contributed by atoms with van der Waals surface area (Å²) >= 11 is 0. The van der Waals surface area contributed by atoms with E-state index in [1.807, 2.05) is 20.8 Å². The molecule has 0 aromatic heterocycles. The summed E-state index contributed by atoms with van der Waals surface area (Å²) in [5.41, 5.74) is -0.177. The van der Waals surface area contributed by atoms with Gasteiger partial charge in [-0.05, 0) is 59.2 Å². The molecule has 1 aliphatic heterocycles. The molecule has 19 heavy (non-hydrogen) atoms. The third-order valence-corrected chi connectivity index (χ3v) is 3.35. The lowest BCUT2D eigenvalue weighted by Crippen LogP contribution is -2.37. The zero-order valence-corrected chi connectivity index (χ0v) is 13.1. The van der Waals surface area contributed by atoms with Gasteiger partial charge in [0.25, 0.3) is 0 Å². The summed E-state index contributed by atoms with van der Waals surface area (Å²) in [7, 11) is 0. The van der Waals surface area contributed by atoms with Gasteiger partial charge in [-0.1, -0.05) is 6.92 Å². The molecule has 0 aliphatic carbocycles. The molecule has 1 fully saturated rings. The maximum absolute atomic E-state index is 9.81. The number of ether oxygens (including phenoxy) is 1. The van der Waals surface area contributed by atoms with Crippen LogP contribution in [-0.4, -0.2) is 61.0 Å². The van der Waals surface area contributed by atoms with Crippen LogP contribution in [0.3, 0.4) is 0 Å². The van der Waals surface area contributed by atoms with E-state index in [-0.39, 0.29) is 5.60 Å². The topological polar surface area (TPSA) is 44.7 Å². The number of hydrogen-bond acceptors (Lipinski definition) is 4. The van der Waals surface area contributed by atoms with Crippen LogP contribution in [0.2, 0.25) is 0 Å². The molecule has 1 heterocycles. The van der Waals surface area contributed by atoms with Gasteiger partial charge in [-0.3, -0.25) is 0 Å². The molecule has 0 spiro atoms. The second-order valence-electron chi connectivity index (χ2n) is 6.85. The average molecular weight is 272 g/mol. The molecule has 2 atom stereocenters. The maximum atomic E-state index is 9.81. The first-order valence-corrected chi connectivity index (χ1v) is 7.62. The Morgan fingerprint density at radius 3 is 2.42 bits per heavy atom. The summed E-state index contributed by atoms with van der Waals surface area (Å²) in [6.45, 7) is 13.9. The molecule has 1 rings (SSSR count). The zero-order valence-electron chi connectivity index (χ0n) is 13.1. The molecule has 0 aromatic rings. The van der Waals surface area contributed by atoms with Gasteiger partial charge in [-0.2, -0.15) is 0 Å². The van der Waals surface area contributed by atoms with Crippen LogP contribution in [-0.2, 0) is 4.74 Å². The second kappa shape index (κ2) is 8.20. The minimum atomic E-state index is -0.418. The molecule has 1 aliphatic rings. The van der Waals surface area contributed by atoms with Gasteiger partial charge in [0.05, 0.1) is 18.3 Å². The van der Waals surface area contributed by atoms with Crippen molar-refractivity contribution >= 4 is 0 Å². The van der Waals surface area contributed by atoms with Crippen molar-refractivity contribution in [2.45, 2.75) is 52.2 Å². The SMILES string of the molecule is CC(CNCC(O)COC(C)(C)C)CN1CCCC1. The summed E-state index contributed by atoms with van der Waals surface area (Å²) in [6, 6.07) is 0. The molecule has 0 amide bonds. The van der Waals surface area contributed by atoms with Crippen molar-refractivity contribution in [3.63, 3.8) is 0 Å². The molecule has 0 saturated carbocycles.